The number of aryl methyl sites for hydroxylation is 2. The molecule has 2 rings (SSSR count). The summed E-state index contributed by atoms with van der Waals surface area (Å²) in [4.78, 5) is 5.60. The Bertz CT molecular complexity index is 566. The summed E-state index contributed by atoms with van der Waals surface area (Å²) in [5.41, 5.74) is 2.61. The van der Waals surface area contributed by atoms with Gasteiger partial charge in [0.25, 0.3) is 0 Å². The molecule has 0 bridgehead atoms. The maximum Gasteiger partial charge on any atom is 0.101 e. The van der Waals surface area contributed by atoms with E-state index in [0.29, 0.717) is 5.56 Å². The molecule has 0 aliphatic heterocycles. The molecule has 0 fully saturated rings. The van der Waals surface area contributed by atoms with Gasteiger partial charge in [0.15, 0.2) is 0 Å². The predicted molar refractivity (Wildman–Crippen MR) is 70.1 cm³/mol. The minimum absolute atomic E-state index is 0.673. The zero-order valence-corrected chi connectivity index (χ0v) is 10.6. The van der Waals surface area contributed by atoms with Crippen molar-refractivity contribution in [1.29, 1.82) is 5.26 Å². The van der Waals surface area contributed by atoms with Crippen molar-refractivity contribution in [1.82, 2.24) is 4.98 Å². The molecule has 0 atom stereocenters. The molecule has 4 heteroatoms. The number of para-hydroxylation sites is 1. The normalized spacial score (nSPS) is 9.94. The summed E-state index contributed by atoms with van der Waals surface area (Å²) >= 11 is 1.69. The van der Waals surface area contributed by atoms with E-state index in [-0.39, 0.29) is 0 Å². The van der Waals surface area contributed by atoms with Gasteiger partial charge < -0.3 is 5.32 Å². The van der Waals surface area contributed by atoms with Crippen LogP contribution in [0.25, 0.3) is 0 Å². The van der Waals surface area contributed by atoms with E-state index in [1.807, 2.05) is 38.1 Å². The number of rotatable bonds is 3. The number of anilines is 1. The first-order valence-electron chi connectivity index (χ1n) is 5.36. The number of nitrogens with one attached hydrogen (secondary N) is 1. The van der Waals surface area contributed by atoms with Gasteiger partial charge >= 0.3 is 0 Å². The van der Waals surface area contributed by atoms with Gasteiger partial charge in [0.05, 0.1) is 28.5 Å². The highest BCUT2D eigenvalue weighted by molar-refractivity contribution is 7.11. The molecule has 3 nitrogen and oxygen atoms in total. The van der Waals surface area contributed by atoms with Crippen LogP contribution in [0.2, 0.25) is 0 Å². The van der Waals surface area contributed by atoms with Crippen molar-refractivity contribution in [3.63, 3.8) is 0 Å². The second-order valence-corrected chi connectivity index (χ2v) is 5.04. The molecule has 2 aromatic rings. The summed E-state index contributed by atoms with van der Waals surface area (Å²) in [5, 5.41) is 13.3. The van der Waals surface area contributed by atoms with Crippen molar-refractivity contribution in [3.05, 3.63) is 45.4 Å². The van der Waals surface area contributed by atoms with Gasteiger partial charge in [-0.15, -0.1) is 11.3 Å². The van der Waals surface area contributed by atoms with Crippen molar-refractivity contribution >= 4 is 17.0 Å². The largest absolute Gasteiger partial charge is 0.379 e. The minimum atomic E-state index is 0.673. The van der Waals surface area contributed by atoms with E-state index in [9.17, 15) is 0 Å². The Kier molecular flexibility index (Phi) is 3.40. The fraction of sp³-hybridized carbons (Fsp3) is 0.231. The van der Waals surface area contributed by atoms with Gasteiger partial charge in [0.2, 0.25) is 0 Å². The molecule has 0 radical (unpaired) electrons. The number of benzene rings is 1. The molecule has 1 aromatic carbocycles. The number of aromatic nitrogens is 1. The van der Waals surface area contributed by atoms with Crippen molar-refractivity contribution in [2.75, 3.05) is 5.32 Å². The summed E-state index contributed by atoms with van der Waals surface area (Å²) in [6, 6.07) is 9.70. The molecule has 0 saturated carbocycles. The summed E-state index contributed by atoms with van der Waals surface area (Å²) in [7, 11) is 0. The maximum absolute atomic E-state index is 8.97. The summed E-state index contributed by atoms with van der Waals surface area (Å²) in [6.45, 7) is 4.73. The number of nitriles is 1. The molecule has 86 valence electrons. The third-order valence-electron chi connectivity index (χ3n) is 2.49. The zero-order chi connectivity index (χ0) is 12.3. The predicted octanol–water partition coefficient (Wildman–Crippen LogP) is 3.24. The van der Waals surface area contributed by atoms with E-state index in [1.165, 1.54) is 4.88 Å². The summed E-state index contributed by atoms with van der Waals surface area (Å²) in [5.74, 6) is 0. The second-order valence-electron chi connectivity index (χ2n) is 3.75. The first-order chi connectivity index (χ1) is 8.20. The average Bonchev–Trinajstić information content (AvgIpc) is 2.65. The molecule has 0 spiro atoms. The van der Waals surface area contributed by atoms with Crippen molar-refractivity contribution in [3.8, 4) is 6.07 Å². The Morgan fingerprint density at radius 3 is 2.76 bits per heavy atom. The standard InChI is InChI=1S/C13H13N3S/c1-9-13(17-10(2)16-9)8-15-12-6-4-3-5-11(12)7-14/h3-6,15H,8H2,1-2H3. The molecule has 0 saturated heterocycles. The van der Waals surface area contributed by atoms with Crippen LogP contribution in [0.1, 0.15) is 21.1 Å². The van der Waals surface area contributed by atoms with Crippen LogP contribution in [0.15, 0.2) is 24.3 Å². The van der Waals surface area contributed by atoms with Gasteiger partial charge in [0, 0.05) is 4.88 Å². The first-order valence-corrected chi connectivity index (χ1v) is 6.18. The van der Waals surface area contributed by atoms with E-state index in [0.717, 1.165) is 22.9 Å². The van der Waals surface area contributed by atoms with Gasteiger partial charge in [0.1, 0.15) is 6.07 Å². The molecule has 0 unspecified atom stereocenters. The van der Waals surface area contributed by atoms with E-state index in [2.05, 4.69) is 16.4 Å². The third kappa shape index (κ3) is 2.63. The lowest BCUT2D eigenvalue weighted by molar-refractivity contribution is 1.11. The van der Waals surface area contributed by atoms with Crippen LogP contribution in [-0.4, -0.2) is 4.98 Å². The minimum Gasteiger partial charge on any atom is -0.379 e. The van der Waals surface area contributed by atoms with Crippen LogP contribution < -0.4 is 5.32 Å². The molecular weight excluding hydrogens is 230 g/mol. The second kappa shape index (κ2) is 4.98. The van der Waals surface area contributed by atoms with Gasteiger partial charge in [-0.25, -0.2) is 4.98 Å². The third-order valence-corrected chi connectivity index (χ3v) is 3.56. The Hall–Kier alpha value is -1.86. The van der Waals surface area contributed by atoms with Crippen molar-refractivity contribution < 1.29 is 0 Å². The number of hydrogen-bond donors (Lipinski definition) is 1. The Morgan fingerprint density at radius 2 is 2.12 bits per heavy atom. The molecule has 1 aromatic heterocycles. The zero-order valence-electron chi connectivity index (χ0n) is 9.82. The average molecular weight is 243 g/mol. The van der Waals surface area contributed by atoms with Crippen LogP contribution in [0.4, 0.5) is 5.69 Å². The van der Waals surface area contributed by atoms with E-state index >= 15 is 0 Å². The smallest absolute Gasteiger partial charge is 0.101 e. The quantitative estimate of drug-likeness (QED) is 0.900. The van der Waals surface area contributed by atoms with E-state index in [4.69, 9.17) is 5.26 Å². The lowest BCUT2D eigenvalue weighted by Crippen LogP contribution is -2.00. The molecule has 0 aliphatic rings. The van der Waals surface area contributed by atoms with Gasteiger partial charge in [-0.3, -0.25) is 0 Å². The van der Waals surface area contributed by atoms with Crippen molar-refractivity contribution in [2.45, 2.75) is 20.4 Å². The molecule has 0 aliphatic carbocycles. The summed E-state index contributed by atoms with van der Waals surface area (Å²) in [6.07, 6.45) is 0. The molecule has 0 amide bonds. The Morgan fingerprint density at radius 1 is 1.35 bits per heavy atom. The highest BCUT2D eigenvalue weighted by atomic mass is 32.1. The fourth-order valence-corrected chi connectivity index (χ4v) is 2.52. The first kappa shape index (κ1) is 11.6. The molecular formula is C13H13N3S. The number of hydrogen-bond acceptors (Lipinski definition) is 4. The van der Waals surface area contributed by atoms with E-state index in [1.54, 1.807) is 11.3 Å². The van der Waals surface area contributed by atoms with Gasteiger partial charge in [-0.05, 0) is 26.0 Å². The van der Waals surface area contributed by atoms with Gasteiger partial charge in [-0.2, -0.15) is 5.26 Å². The topological polar surface area (TPSA) is 48.7 Å². The Balaban J connectivity index is 2.13. The lowest BCUT2D eigenvalue weighted by atomic mass is 10.2. The number of nitrogens with zero attached hydrogens (tertiary/aromatic N) is 2. The van der Waals surface area contributed by atoms with Crippen LogP contribution in [0, 0.1) is 25.2 Å². The molecule has 17 heavy (non-hydrogen) atoms. The van der Waals surface area contributed by atoms with Crippen LogP contribution in [0.5, 0.6) is 0 Å². The SMILES string of the molecule is Cc1nc(C)c(CNc2ccccc2C#N)s1. The van der Waals surface area contributed by atoms with Crippen LogP contribution >= 0.6 is 11.3 Å². The maximum atomic E-state index is 8.97. The van der Waals surface area contributed by atoms with Gasteiger partial charge in [-0.1, -0.05) is 12.1 Å². The molecule has 1 N–H and O–H groups in total. The lowest BCUT2D eigenvalue weighted by Gasteiger charge is -2.06. The highest BCUT2D eigenvalue weighted by Crippen LogP contribution is 2.20. The van der Waals surface area contributed by atoms with Crippen LogP contribution in [-0.2, 0) is 6.54 Å². The molecule has 1 heterocycles. The van der Waals surface area contributed by atoms with Crippen molar-refractivity contribution in [2.24, 2.45) is 0 Å². The number of thiazole rings is 1. The fourth-order valence-electron chi connectivity index (χ4n) is 1.65. The Labute approximate surface area is 105 Å². The highest BCUT2D eigenvalue weighted by Gasteiger charge is 2.05. The summed E-state index contributed by atoms with van der Waals surface area (Å²) < 4.78 is 0. The van der Waals surface area contributed by atoms with E-state index < -0.39 is 0 Å². The van der Waals surface area contributed by atoms with Crippen LogP contribution in [0.3, 0.4) is 0 Å². The monoisotopic (exact) mass is 243 g/mol.